The highest BCUT2D eigenvalue weighted by Crippen LogP contribution is 2.19. The van der Waals surface area contributed by atoms with Crippen molar-refractivity contribution in [3.8, 4) is 0 Å². The third-order valence-corrected chi connectivity index (χ3v) is 4.23. The molecule has 1 heterocycles. The molecule has 0 aromatic carbocycles. The Morgan fingerprint density at radius 3 is 2.64 bits per heavy atom. The Kier molecular flexibility index (Phi) is 6.90. The van der Waals surface area contributed by atoms with Gasteiger partial charge in [0, 0.05) is 13.1 Å². The van der Waals surface area contributed by atoms with Gasteiger partial charge in [-0.2, -0.15) is 0 Å². The standard InChI is InChI=1S/C16H29N3O3/c1-6-12(2)16(3,21)11-18-15(20)17-10-13(19(4)5)14-8-7-9-22-14/h7-9,12-13,21H,6,10-11H2,1-5H3,(H2,17,18,20). The number of hydrogen-bond donors (Lipinski definition) is 3. The van der Waals surface area contributed by atoms with Gasteiger partial charge >= 0.3 is 6.03 Å². The summed E-state index contributed by atoms with van der Waals surface area (Å²) in [6, 6.07) is 3.39. The minimum atomic E-state index is -0.909. The van der Waals surface area contributed by atoms with E-state index < -0.39 is 5.60 Å². The molecule has 1 aromatic heterocycles. The highest BCUT2D eigenvalue weighted by molar-refractivity contribution is 5.73. The lowest BCUT2D eigenvalue weighted by atomic mass is 9.89. The Labute approximate surface area is 132 Å². The molecule has 3 N–H and O–H groups in total. The van der Waals surface area contributed by atoms with Gasteiger partial charge in [-0.25, -0.2) is 4.79 Å². The van der Waals surface area contributed by atoms with E-state index in [-0.39, 0.29) is 24.5 Å². The second-order valence-corrected chi connectivity index (χ2v) is 6.22. The van der Waals surface area contributed by atoms with Crippen LogP contribution in [0.2, 0.25) is 0 Å². The van der Waals surface area contributed by atoms with Crippen molar-refractivity contribution in [2.24, 2.45) is 5.92 Å². The predicted octanol–water partition coefficient (Wildman–Crippen LogP) is 1.98. The van der Waals surface area contributed by atoms with Crippen LogP contribution in [0.5, 0.6) is 0 Å². The fourth-order valence-corrected chi connectivity index (χ4v) is 2.14. The number of urea groups is 1. The van der Waals surface area contributed by atoms with E-state index in [1.165, 1.54) is 0 Å². The zero-order valence-electron chi connectivity index (χ0n) is 14.2. The molecule has 0 aliphatic carbocycles. The quantitative estimate of drug-likeness (QED) is 0.686. The van der Waals surface area contributed by atoms with E-state index in [1.54, 1.807) is 13.2 Å². The molecule has 3 atom stereocenters. The Hall–Kier alpha value is -1.53. The van der Waals surface area contributed by atoms with E-state index in [0.29, 0.717) is 6.54 Å². The molecule has 3 unspecified atom stereocenters. The number of rotatable bonds is 8. The van der Waals surface area contributed by atoms with Gasteiger partial charge < -0.3 is 20.2 Å². The Bertz CT molecular complexity index is 443. The highest BCUT2D eigenvalue weighted by Gasteiger charge is 2.27. The van der Waals surface area contributed by atoms with Crippen LogP contribution in [0, 0.1) is 5.92 Å². The fraction of sp³-hybridized carbons (Fsp3) is 0.688. The topological polar surface area (TPSA) is 77.7 Å². The van der Waals surface area contributed by atoms with Crippen molar-refractivity contribution in [2.75, 3.05) is 27.2 Å². The van der Waals surface area contributed by atoms with Gasteiger partial charge in [-0.05, 0) is 39.1 Å². The van der Waals surface area contributed by atoms with Crippen molar-refractivity contribution in [1.29, 1.82) is 0 Å². The monoisotopic (exact) mass is 311 g/mol. The molecule has 0 aliphatic rings. The molecule has 1 aromatic rings. The van der Waals surface area contributed by atoms with Gasteiger partial charge in [0.05, 0.1) is 17.9 Å². The van der Waals surface area contributed by atoms with Crippen molar-refractivity contribution in [2.45, 2.75) is 38.8 Å². The van der Waals surface area contributed by atoms with Crippen LogP contribution in [-0.4, -0.2) is 48.8 Å². The Morgan fingerprint density at radius 1 is 1.45 bits per heavy atom. The van der Waals surface area contributed by atoms with Crippen molar-refractivity contribution in [3.63, 3.8) is 0 Å². The maximum absolute atomic E-state index is 11.9. The van der Waals surface area contributed by atoms with E-state index in [4.69, 9.17) is 4.42 Å². The van der Waals surface area contributed by atoms with Crippen LogP contribution in [0.4, 0.5) is 4.79 Å². The summed E-state index contributed by atoms with van der Waals surface area (Å²) >= 11 is 0. The van der Waals surface area contributed by atoms with E-state index in [9.17, 15) is 9.90 Å². The summed E-state index contributed by atoms with van der Waals surface area (Å²) in [6.45, 7) is 6.38. The van der Waals surface area contributed by atoms with Gasteiger partial charge in [0.15, 0.2) is 0 Å². The normalized spacial score (nSPS) is 16.9. The Morgan fingerprint density at radius 2 is 2.14 bits per heavy atom. The molecule has 0 radical (unpaired) electrons. The van der Waals surface area contributed by atoms with Gasteiger partial charge in [0.25, 0.3) is 0 Å². The molecule has 0 fully saturated rings. The molecule has 2 amide bonds. The maximum atomic E-state index is 11.9. The van der Waals surface area contributed by atoms with E-state index in [2.05, 4.69) is 10.6 Å². The molecular formula is C16H29N3O3. The number of carbonyl (C=O) groups is 1. The van der Waals surface area contributed by atoms with Crippen LogP contribution in [0.3, 0.4) is 0 Å². The number of furan rings is 1. The number of likely N-dealkylation sites (N-methyl/N-ethyl adjacent to an activating group) is 1. The minimum absolute atomic E-state index is 0.0316. The summed E-state index contributed by atoms with van der Waals surface area (Å²) in [6.07, 6.45) is 2.48. The van der Waals surface area contributed by atoms with Crippen molar-refractivity contribution < 1.29 is 14.3 Å². The SMILES string of the molecule is CCC(C)C(C)(O)CNC(=O)NCC(c1ccco1)N(C)C. The molecular weight excluding hydrogens is 282 g/mol. The second-order valence-electron chi connectivity index (χ2n) is 6.22. The summed E-state index contributed by atoms with van der Waals surface area (Å²) in [5.41, 5.74) is -0.909. The molecule has 6 nitrogen and oxygen atoms in total. The van der Waals surface area contributed by atoms with Gasteiger partial charge in [0.2, 0.25) is 0 Å². The first-order valence-electron chi connectivity index (χ1n) is 7.71. The third kappa shape index (κ3) is 5.35. The van der Waals surface area contributed by atoms with Crippen LogP contribution >= 0.6 is 0 Å². The lowest BCUT2D eigenvalue weighted by Gasteiger charge is -2.30. The first kappa shape index (κ1) is 18.5. The number of hydrogen-bond acceptors (Lipinski definition) is 4. The first-order valence-corrected chi connectivity index (χ1v) is 7.71. The lowest BCUT2D eigenvalue weighted by Crippen LogP contribution is -2.49. The lowest BCUT2D eigenvalue weighted by molar-refractivity contribution is 0.00787. The average molecular weight is 311 g/mol. The number of nitrogens with one attached hydrogen (secondary N) is 2. The number of aliphatic hydroxyl groups is 1. The van der Waals surface area contributed by atoms with Crippen molar-refractivity contribution >= 4 is 6.03 Å². The number of amides is 2. The van der Waals surface area contributed by atoms with Gasteiger partial charge in [-0.3, -0.25) is 4.90 Å². The van der Waals surface area contributed by atoms with Crippen LogP contribution < -0.4 is 10.6 Å². The largest absolute Gasteiger partial charge is 0.468 e. The molecule has 0 bridgehead atoms. The van der Waals surface area contributed by atoms with Crippen LogP contribution in [0.25, 0.3) is 0 Å². The van der Waals surface area contributed by atoms with Gasteiger partial charge in [-0.15, -0.1) is 0 Å². The van der Waals surface area contributed by atoms with E-state index in [0.717, 1.165) is 12.2 Å². The Balaban J connectivity index is 2.45. The fourth-order valence-electron chi connectivity index (χ4n) is 2.14. The second kappa shape index (κ2) is 8.19. The van der Waals surface area contributed by atoms with E-state index in [1.807, 2.05) is 45.0 Å². The summed E-state index contributed by atoms with van der Waals surface area (Å²) < 4.78 is 5.40. The molecule has 22 heavy (non-hydrogen) atoms. The molecule has 0 spiro atoms. The van der Waals surface area contributed by atoms with E-state index >= 15 is 0 Å². The van der Waals surface area contributed by atoms with Gasteiger partial charge in [-0.1, -0.05) is 20.3 Å². The van der Waals surface area contributed by atoms with Crippen LogP contribution in [-0.2, 0) is 0 Å². The molecule has 6 heteroatoms. The zero-order chi connectivity index (χ0) is 16.8. The van der Waals surface area contributed by atoms with Crippen LogP contribution in [0.1, 0.15) is 39.0 Å². The third-order valence-electron chi connectivity index (χ3n) is 4.23. The van der Waals surface area contributed by atoms with Crippen LogP contribution in [0.15, 0.2) is 22.8 Å². The summed E-state index contributed by atoms with van der Waals surface area (Å²) in [7, 11) is 3.86. The average Bonchev–Trinajstić information content (AvgIpc) is 2.98. The highest BCUT2D eigenvalue weighted by atomic mass is 16.3. The molecule has 126 valence electrons. The molecule has 1 rings (SSSR count). The smallest absolute Gasteiger partial charge is 0.314 e. The summed E-state index contributed by atoms with van der Waals surface area (Å²) in [5, 5.41) is 15.8. The predicted molar refractivity (Wildman–Crippen MR) is 86.6 cm³/mol. The number of carbonyl (C=O) groups excluding carboxylic acids is 1. The van der Waals surface area contributed by atoms with Crippen molar-refractivity contribution in [3.05, 3.63) is 24.2 Å². The maximum Gasteiger partial charge on any atom is 0.314 e. The molecule has 0 aliphatic heterocycles. The first-order chi connectivity index (χ1) is 10.3. The minimum Gasteiger partial charge on any atom is -0.468 e. The summed E-state index contributed by atoms with van der Waals surface area (Å²) in [4.78, 5) is 13.9. The van der Waals surface area contributed by atoms with Gasteiger partial charge in [0.1, 0.15) is 5.76 Å². The van der Waals surface area contributed by atoms with Crippen molar-refractivity contribution in [1.82, 2.24) is 15.5 Å². The molecule has 0 saturated heterocycles. The number of nitrogens with zero attached hydrogens (tertiary/aromatic N) is 1. The zero-order valence-corrected chi connectivity index (χ0v) is 14.2. The summed E-state index contributed by atoms with van der Waals surface area (Å²) in [5.74, 6) is 0.919. The molecule has 0 saturated carbocycles.